The van der Waals surface area contributed by atoms with Crippen LogP contribution in [-0.2, 0) is 0 Å². The zero-order valence-corrected chi connectivity index (χ0v) is 9.66. The van der Waals surface area contributed by atoms with Crippen LogP contribution < -0.4 is 5.32 Å². The van der Waals surface area contributed by atoms with Gasteiger partial charge in [0.15, 0.2) is 0 Å². The van der Waals surface area contributed by atoms with Gasteiger partial charge in [-0.3, -0.25) is 4.98 Å². The molecule has 0 amide bonds. The van der Waals surface area contributed by atoms with Crippen molar-refractivity contribution in [2.24, 2.45) is 5.92 Å². The topological polar surface area (TPSA) is 24.9 Å². The number of hydrogen-bond donors (Lipinski definition) is 1. The van der Waals surface area contributed by atoms with E-state index in [1.165, 1.54) is 31.4 Å². The molecule has 1 heterocycles. The number of hydrogen-bond acceptors (Lipinski definition) is 2. The summed E-state index contributed by atoms with van der Waals surface area (Å²) in [6.45, 7) is 4.33. The summed E-state index contributed by atoms with van der Waals surface area (Å²) in [6, 6.07) is 4.76. The first-order valence-corrected chi connectivity index (χ1v) is 5.95. The van der Waals surface area contributed by atoms with Crippen molar-refractivity contribution in [3.05, 3.63) is 24.0 Å². The monoisotopic (exact) mass is 204 g/mol. The molecule has 1 unspecified atom stereocenters. The van der Waals surface area contributed by atoms with Gasteiger partial charge < -0.3 is 5.32 Å². The second-order valence-corrected chi connectivity index (χ2v) is 4.66. The van der Waals surface area contributed by atoms with E-state index < -0.39 is 0 Å². The predicted octanol–water partition coefficient (Wildman–Crippen LogP) is 3.38. The van der Waals surface area contributed by atoms with E-state index in [9.17, 15) is 0 Å². The molecule has 0 spiro atoms. The summed E-state index contributed by atoms with van der Waals surface area (Å²) in [5, 5.41) is 3.58. The lowest BCUT2D eigenvalue weighted by Crippen LogP contribution is -2.23. The Balaban J connectivity index is 1.95. The first-order chi connectivity index (χ1) is 7.25. The molecule has 2 nitrogen and oxygen atoms in total. The molecular formula is C13H20N2. The van der Waals surface area contributed by atoms with Gasteiger partial charge in [0.25, 0.3) is 0 Å². The zero-order valence-electron chi connectivity index (χ0n) is 9.66. The Morgan fingerprint density at radius 3 is 2.80 bits per heavy atom. The molecule has 1 aliphatic rings. The number of anilines is 1. The Morgan fingerprint density at radius 1 is 1.40 bits per heavy atom. The van der Waals surface area contributed by atoms with E-state index in [-0.39, 0.29) is 0 Å². The summed E-state index contributed by atoms with van der Waals surface area (Å²) in [4.78, 5) is 4.20. The maximum Gasteiger partial charge on any atom is 0.0393 e. The first-order valence-electron chi connectivity index (χ1n) is 5.95. The van der Waals surface area contributed by atoms with Crippen LogP contribution in [0.1, 0.15) is 38.3 Å². The van der Waals surface area contributed by atoms with Crippen LogP contribution in [0.15, 0.2) is 18.3 Å². The summed E-state index contributed by atoms with van der Waals surface area (Å²) in [5.41, 5.74) is 2.29. The van der Waals surface area contributed by atoms with E-state index in [2.05, 4.69) is 29.4 Å². The predicted molar refractivity (Wildman–Crippen MR) is 64.0 cm³/mol. The fourth-order valence-corrected chi connectivity index (χ4v) is 2.47. The van der Waals surface area contributed by atoms with E-state index in [1.807, 2.05) is 13.1 Å². The lowest BCUT2D eigenvalue weighted by atomic mass is 9.99. The number of pyridine rings is 1. The SMILES string of the molecule is Cc1cc(NC(C)C2CCCC2)ccn1. The molecule has 0 aliphatic heterocycles. The van der Waals surface area contributed by atoms with Crippen LogP contribution in [0.4, 0.5) is 5.69 Å². The third-order valence-corrected chi connectivity index (χ3v) is 3.40. The van der Waals surface area contributed by atoms with Crippen LogP contribution in [-0.4, -0.2) is 11.0 Å². The molecular weight excluding hydrogens is 184 g/mol. The molecule has 0 saturated heterocycles. The molecule has 1 atom stereocenters. The van der Waals surface area contributed by atoms with Gasteiger partial charge in [-0.2, -0.15) is 0 Å². The highest BCUT2D eigenvalue weighted by Gasteiger charge is 2.21. The van der Waals surface area contributed by atoms with Gasteiger partial charge in [0.05, 0.1) is 0 Å². The smallest absolute Gasteiger partial charge is 0.0393 e. The van der Waals surface area contributed by atoms with Gasteiger partial charge in [-0.25, -0.2) is 0 Å². The Hall–Kier alpha value is -1.05. The molecule has 82 valence electrons. The Bertz CT molecular complexity index is 316. The Morgan fingerprint density at radius 2 is 2.13 bits per heavy atom. The van der Waals surface area contributed by atoms with Gasteiger partial charge in [0.2, 0.25) is 0 Å². The van der Waals surface area contributed by atoms with E-state index in [0.717, 1.165) is 11.6 Å². The van der Waals surface area contributed by atoms with Crippen LogP contribution in [0.25, 0.3) is 0 Å². The Kier molecular flexibility index (Phi) is 3.24. The quantitative estimate of drug-likeness (QED) is 0.816. The summed E-state index contributed by atoms with van der Waals surface area (Å²) in [5.74, 6) is 0.860. The van der Waals surface area contributed by atoms with Gasteiger partial charge >= 0.3 is 0 Å². The van der Waals surface area contributed by atoms with Crippen LogP contribution >= 0.6 is 0 Å². The van der Waals surface area contributed by atoms with E-state index in [1.54, 1.807) is 0 Å². The largest absolute Gasteiger partial charge is 0.382 e. The van der Waals surface area contributed by atoms with Crippen molar-refractivity contribution in [1.29, 1.82) is 0 Å². The van der Waals surface area contributed by atoms with Crippen LogP contribution in [0.5, 0.6) is 0 Å². The number of rotatable bonds is 3. The van der Waals surface area contributed by atoms with Crippen molar-refractivity contribution >= 4 is 5.69 Å². The Labute approximate surface area is 92.1 Å². The molecule has 1 saturated carbocycles. The molecule has 2 heteroatoms. The minimum absolute atomic E-state index is 0.592. The second kappa shape index (κ2) is 4.65. The van der Waals surface area contributed by atoms with Crippen LogP contribution in [0, 0.1) is 12.8 Å². The molecule has 2 rings (SSSR count). The van der Waals surface area contributed by atoms with Gasteiger partial charge in [-0.05, 0) is 44.7 Å². The van der Waals surface area contributed by atoms with E-state index in [4.69, 9.17) is 0 Å². The van der Waals surface area contributed by atoms with Crippen molar-refractivity contribution in [1.82, 2.24) is 4.98 Å². The van der Waals surface area contributed by atoms with Crippen molar-refractivity contribution < 1.29 is 0 Å². The number of aryl methyl sites for hydroxylation is 1. The molecule has 1 fully saturated rings. The highest BCUT2D eigenvalue weighted by atomic mass is 14.9. The van der Waals surface area contributed by atoms with Crippen molar-refractivity contribution in [3.8, 4) is 0 Å². The minimum Gasteiger partial charge on any atom is -0.382 e. The third-order valence-electron chi connectivity index (χ3n) is 3.40. The van der Waals surface area contributed by atoms with Crippen molar-refractivity contribution in [3.63, 3.8) is 0 Å². The van der Waals surface area contributed by atoms with Gasteiger partial charge in [-0.1, -0.05) is 12.8 Å². The molecule has 15 heavy (non-hydrogen) atoms. The second-order valence-electron chi connectivity index (χ2n) is 4.66. The average Bonchev–Trinajstić information content (AvgIpc) is 2.70. The van der Waals surface area contributed by atoms with Gasteiger partial charge in [0, 0.05) is 23.6 Å². The molecule has 1 aromatic heterocycles. The van der Waals surface area contributed by atoms with Crippen molar-refractivity contribution in [2.45, 2.75) is 45.6 Å². The number of nitrogens with one attached hydrogen (secondary N) is 1. The average molecular weight is 204 g/mol. The molecule has 0 aromatic carbocycles. The van der Waals surface area contributed by atoms with Gasteiger partial charge in [0.1, 0.15) is 0 Å². The standard InChI is InChI=1S/C13H20N2/c1-10-9-13(7-8-14-10)15-11(2)12-5-3-4-6-12/h7-9,11-12H,3-6H2,1-2H3,(H,14,15). The molecule has 0 radical (unpaired) electrons. The fraction of sp³-hybridized carbons (Fsp3) is 0.615. The lowest BCUT2D eigenvalue weighted by Gasteiger charge is -2.21. The summed E-state index contributed by atoms with van der Waals surface area (Å²) in [6.07, 6.45) is 7.47. The minimum atomic E-state index is 0.592. The highest BCUT2D eigenvalue weighted by molar-refractivity contribution is 5.43. The fourth-order valence-electron chi connectivity index (χ4n) is 2.47. The van der Waals surface area contributed by atoms with Crippen molar-refractivity contribution in [2.75, 3.05) is 5.32 Å². The normalized spacial score (nSPS) is 19.1. The number of aromatic nitrogens is 1. The summed E-state index contributed by atoms with van der Waals surface area (Å²) in [7, 11) is 0. The van der Waals surface area contributed by atoms with Crippen LogP contribution in [0.2, 0.25) is 0 Å². The van der Waals surface area contributed by atoms with Gasteiger partial charge in [-0.15, -0.1) is 0 Å². The molecule has 1 aromatic rings. The molecule has 0 bridgehead atoms. The summed E-state index contributed by atoms with van der Waals surface area (Å²) >= 11 is 0. The highest BCUT2D eigenvalue weighted by Crippen LogP contribution is 2.29. The maximum absolute atomic E-state index is 4.20. The zero-order chi connectivity index (χ0) is 10.7. The maximum atomic E-state index is 4.20. The molecule has 1 aliphatic carbocycles. The lowest BCUT2D eigenvalue weighted by molar-refractivity contribution is 0.482. The van der Waals surface area contributed by atoms with Crippen LogP contribution in [0.3, 0.4) is 0 Å². The summed E-state index contributed by atoms with van der Waals surface area (Å²) < 4.78 is 0. The first kappa shape index (κ1) is 10.5. The molecule has 1 N–H and O–H groups in total. The third kappa shape index (κ3) is 2.71. The number of nitrogens with zero attached hydrogens (tertiary/aromatic N) is 1. The van der Waals surface area contributed by atoms with E-state index in [0.29, 0.717) is 6.04 Å². The van der Waals surface area contributed by atoms with E-state index >= 15 is 0 Å².